The second kappa shape index (κ2) is 8.66. The van der Waals surface area contributed by atoms with Crippen LogP contribution in [0.25, 0.3) is 0 Å². The van der Waals surface area contributed by atoms with Crippen molar-refractivity contribution in [2.24, 2.45) is 5.41 Å². The first-order chi connectivity index (χ1) is 13.0. The molecule has 4 heteroatoms. The predicted octanol–water partition coefficient (Wildman–Crippen LogP) is 6.02. The molecular formula is C23H29FO2S. The van der Waals surface area contributed by atoms with Gasteiger partial charge < -0.3 is 9.84 Å². The van der Waals surface area contributed by atoms with Gasteiger partial charge in [0.05, 0.1) is 13.2 Å². The van der Waals surface area contributed by atoms with Crippen molar-refractivity contribution < 1.29 is 14.2 Å². The van der Waals surface area contributed by atoms with E-state index in [0.29, 0.717) is 0 Å². The molecular weight excluding hydrogens is 359 g/mol. The fraction of sp³-hybridized carbons (Fsp3) is 0.478. The standard InChI is InChI=1S/C23H29FO2S/c1-4-6-12-23(5-2)15-27-20-11-10-17(24)14-19(20)21(22(23)25)16-8-7-9-18(13-16)26-3/h7-11,13-14,21-22,25H,4-6,12,15H2,1-3H3/t21-,22?,23-/m1/s1. The van der Waals surface area contributed by atoms with E-state index in [4.69, 9.17) is 4.74 Å². The van der Waals surface area contributed by atoms with Crippen molar-refractivity contribution in [3.63, 3.8) is 0 Å². The molecule has 2 aromatic carbocycles. The van der Waals surface area contributed by atoms with Crippen molar-refractivity contribution in [2.45, 2.75) is 56.4 Å². The summed E-state index contributed by atoms with van der Waals surface area (Å²) >= 11 is 1.75. The smallest absolute Gasteiger partial charge is 0.123 e. The molecule has 1 N–H and O–H groups in total. The quantitative estimate of drug-likeness (QED) is 0.656. The number of halogens is 1. The van der Waals surface area contributed by atoms with Crippen molar-refractivity contribution in [3.8, 4) is 5.75 Å². The summed E-state index contributed by atoms with van der Waals surface area (Å²) in [5, 5.41) is 11.7. The van der Waals surface area contributed by atoms with Gasteiger partial charge in [-0.05, 0) is 54.3 Å². The Hall–Kier alpha value is -1.52. The second-order valence-corrected chi connectivity index (χ2v) is 8.51. The van der Waals surface area contributed by atoms with Crippen LogP contribution in [0.3, 0.4) is 0 Å². The molecule has 0 radical (unpaired) electrons. The molecule has 2 nitrogen and oxygen atoms in total. The van der Waals surface area contributed by atoms with Gasteiger partial charge in [-0.25, -0.2) is 4.39 Å². The lowest BCUT2D eigenvalue weighted by molar-refractivity contribution is 0.0182. The van der Waals surface area contributed by atoms with Gasteiger partial charge in [-0.3, -0.25) is 0 Å². The number of aliphatic hydroxyl groups excluding tert-OH is 1. The molecule has 1 aliphatic rings. The molecule has 27 heavy (non-hydrogen) atoms. The Kier molecular flexibility index (Phi) is 6.48. The Labute approximate surface area is 166 Å². The summed E-state index contributed by atoms with van der Waals surface area (Å²) in [6.07, 6.45) is 3.49. The van der Waals surface area contributed by atoms with E-state index < -0.39 is 6.10 Å². The lowest BCUT2D eigenvalue weighted by Gasteiger charge is -2.39. The van der Waals surface area contributed by atoms with Crippen LogP contribution in [0.15, 0.2) is 47.4 Å². The Morgan fingerprint density at radius 1 is 1.22 bits per heavy atom. The van der Waals surface area contributed by atoms with Crippen LogP contribution < -0.4 is 4.74 Å². The van der Waals surface area contributed by atoms with Crippen molar-refractivity contribution in [1.82, 2.24) is 0 Å². The van der Waals surface area contributed by atoms with Crippen LogP contribution >= 0.6 is 11.8 Å². The number of methoxy groups -OCH3 is 1. The lowest BCUT2D eigenvalue weighted by Crippen LogP contribution is -2.40. The number of unbranched alkanes of at least 4 members (excludes halogenated alkanes) is 1. The number of benzene rings is 2. The third-order valence-electron chi connectivity index (χ3n) is 5.95. The SMILES string of the molecule is CCCC[C@]1(CC)CSc2ccc(F)cc2[C@@H](c2cccc(OC)c2)C1O. The fourth-order valence-electron chi connectivity index (χ4n) is 4.16. The van der Waals surface area contributed by atoms with E-state index in [1.54, 1.807) is 24.9 Å². The van der Waals surface area contributed by atoms with E-state index in [2.05, 4.69) is 13.8 Å². The summed E-state index contributed by atoms with van der Waals surface area (Å²) in [6.45, 7) is 4.35. The summed E-state index contributed by atoms with van der Waals surface area (Å²) in [4.78, 5) is 1.06. The molecule has 0 amide bonds. The highest BCUT2D eigenvalue weighted by Crippen LogP contribution is 2.51. The number of fused-ring (bicyclic) bond motifs is 1. The van der Waals surface area contributed by atoms with Crippen LogP contribution in [-0.4, -0.2) is 24.1 Å². The zero-order chi connectivity index (χ0) is 19.4. The number of aliphatic hydroxyl groups is 1. The number of thioether (sulfide) groups is 1. The molecule has 0 aliphatic carbocycles. The molecule has 0 bridgehead atoms. The monoisotopic (exact) mass is 388 g/mol. The minimum Gasteiger partial charge on any atom is -0.497 e. The summed E-state index contributed by atoms with van der Waals surface area (Å²) in [5.74, 6) is 1.08. The van der Waals surface area contributed by atoms with E-state index in [9.17, 15) is 9.50 Å². The van der Waals surface area contributed by atoms with Crippen molar-refractivity contribution in [3.05, 3.63) is 59.4 Å². The van der Waals surface area contributed by atoms with E-state index in [1.165, 1.54) is 6.07 Å². The Morgan fingerprint density at radius 2 is 2.04 bits per heavy atom. The highest BCUT2D eigenvalue weighted by Gasteiger charge is 2.44. The average molecular weight is 389 g/mol. The second-order valence-electron chi connectivity index (χ2n) is 7.49. The van der Waals surface area contributed by atoms with Crippen molar-refractivity contribution >= 4 is 11.8 Å². The molecule has 1 heterocycles. The van der Waals surface area contributed by atoms with Gasteiger partial charge >= 0.3 is 0 Å². The maximum atomic E-state index is 14.2. The molecule has 1 unspecified atom stereocenters. The van der Waals surface area contributed by atoms with Gasteiger partial charge in [0.1, 0.15) is 11.6 Å². The predicted molar refractivity (Wildman–Crippen MR) is 110 cm³/mol. The molecule has 0 fully saturated rings. The van der Waals surface area contributed by atoms with Gasteiger partial charge in [0.2, 0.25) is 0 Å². The van der Waals surface area contributed by atoms with Crippen LogP contribution in [-0.2, 0) is 0 Å². The first-order valence-electron chi connectivity index (χ1n) is 9.79. The zero-order valence-electron chi connectivity index (χ0n) is 16.4. The Balaban J connectivity index is 2.15. The van der Waals surface area contributed by atoms with E-state index >= 15 is 0 Å². The molecule has 0 saturated carbocycles. The highest BCUT2D eigenvalue weighted by molar-refractivity contribution is 7.99. The topological polar surface area (TPSA) is 29.5 Å². The summed E-state index contributed by atoms with van der Waals surface area (Å²) in [6, 6.07) is 12.8. The van der Waals surface area contributed by atoms with Gasteiger partial charge in [-0.1, -0.05) is 38.8 Å². The van der Waals surface area contributed by atoms with Crippen LogP contribution in [0.4, 0.5) is 4.39 Å². The number of hydrogen-bond donors (Lipinski definition) is 1. The molecule has 3 atom stereocenters. The van der Waals surface area contributed by atoms with Gasteiger partial charge in [0.15, 0.2) is 0 Å². The fourth-order valence-corrected chi connectivity index (χ4v) is 5.64. The molecule has 3 rings (SSSR count). The number of hydrogen-bond acceptors (Lipinski definition) is 3. The largest absolute Gasteiger partial charge is 0.497 e. The van der Waals surface area contributed by atoms with E-state index in [1.807, 2.05) is 30.3 Å². The van der Waals surface area contributed by atoms with Gasteiger partial charge in [-0.15, -0.1) is 11.8 Å². The summed E-state index contributed by atoms with van der Waals surface area (Å²) in [7, 11) is 1.64. The maximum absolute atomic E-state index is 14.2. The third-order valence-corrected chi connectivity index (χ3v) is 7.35. The molecule has 2 aromatic rings. The number of rotatable bonds is 6. The molecule has 1 aliphatic heterocycles. The maximum Gasteiger partial charge on any atom is 0.123 e. The molecule has 0 aromatic heterocycles. The lowest BCUT2D eigenvalue weighted by atomic mass is 9.69. The Morgan fingerprint density at radius 3 is 2.74 bits per heavy atom. The molecule has 0 saturated heterocycles. The normalized spacial score (nSPS) is 24.9. The summed E-state index contributed by atoms with van der Waals surface area (Å²) < 4.78 is 19.6. The van der Waals surface area contributed by atoms with E-state index in [-0.39, 0.29) is 17.2 Å². The zero-order valence-corrected chi connectivity index (χ0v) is 17.2. The van der Waals surface area contributed by atoms with Crippen LogP contribution in [0, 0.1) is 11.2 Å². The van der Waals surface area contributed by atoms with E-state index in [0.717, 1.165) is 53.2 Å². The van der Waals surface area contributed by atoms with Crippen LogP contribution in [0.2, 0.25) is 0 Å². The number of ether oxygens (including phenoxy) is 1. The van der Waals surface area contributed by atoms with Crippen LogP contribution in [0.1, 0.15) is 56.6 Å². The Bertz CT molecular complexity index is 779. The van der Waals surface area contributed by atoms with Gasteiger partial charge in [0, 0.05) is 22.0 Å². The molecule has 0 spiro atoms. The van der Waals surface area contributed by atoms with Crippen molar-refractivity contribution in [1.29, 1.82) is 0 Å². The van der Waals surface area contributed by atoms with Crippen molar-refractivity contribution in [2.75, 3.05) is 12.9 Å². The minimum absolute atomic E-state index is 0.191. The molecule has 146 valence electrons. The first-order valence-corrected chi connectivity index (χ1v) is 10.8. The van der Waals surface area contributed by atoms with Gasteiger partial charge in [0.25, 0.3) is 0 Å². The third kappa shape index (κ3) is 4.02. The first kappa shape index (κ1) is 20.2. The summed E-state index contributed by atoms with van der Waals surface area (Å²) in [5.41, 5.74) is 1.67. The minimum atomic E-state index is -0.572. The van der Waals surface area contributed by atoms with Crippen LogP contribution in [0.5, 0.6) is 5.75 Å². The van der Waals surface area contributed by atoms with Gasteiger partial charge in [-0.2, -0.15) is 0 Å². The average Bonchev–Trinajstić information content (AvgIpc) is 2.81. The highest BCUT2D eigenvalue weighted by atomic mass is 32.2.